The number of hydrogen-bond donors (Lipinski definition) is 0. The lowest BCUT2D eigenvalue weighted by Gasteiger charge is -2.14. The topological polar surface area (TPSA) is 211 Å². The van der Waals surface area contributed by atoms with E-state index in [1.165, 1.54) is 0 Å². The summed E-state index contributed by atoms with van der Waals surface area (Å²) in [4.78, 5) is 84.3. The lowest BCUT2D eigenvalue weighted by atomic mass is 10.0. The van der Waals surface area contributed by atoms with Crippen LogP contribution < -0.4 is 28.4 Å². The number of hydrogen-bond acceptors (Lipinski definition) is 17. The molecule has 0 amide bonds. The monoisotopic (exact) mass is 1150 g/mol. The van der Waals surface area contributed by atoms with Gasteiger partial charge in [-0.1, -0.05) is 44.0 Å². The van der Waals surface area contributed by atoms with Gasteiger partial charge in [0.2, 0.25) is 0 Å². The van der Waals surface area contributed by atoms with Crippen LogP contribution >= 0.6 is 0 Å². The van der Waals surface area contributed by atoms with Crippen molar-refractivity contribution in [3.63, 3.8) is 0 Å². The maximum Gasteiger partial charge on any atom is 0.343 e. The molecular formula is C68H68N2O15. The van der Waals surface area contributed by atoms with E-state index >= 15 is 0 Å². The van der Waals surface area contributed by atoms with Gasteiger partial charge in [0, 0.05) is 35.4 Å². The largest absolute Gasteiger partial charge is 0.494 e. The number of fused-ring (bicyclic) bond motifs is 1. The zero-order chi connectivity index (χ0) is 60.0. The minimum Gasteiger partial charge on any atom is -0.494 e. The van der Waals surface area contributed by atoms with Crippen molar-refractivity contribution in [3.05, 3.63) is 194 Å². The van der Waals surface area contributed by atoms with Gasteiger partial charge in [-0.2, -0.15) is 0 Å². The molecule has 0 bridgehead atoms. The van der Waals surface area contributed by atoms with Gasteiger partial charge in [0.1, 0.15) is 34.5 Å². The summed E-state index contributed by atoms with van der Waals surface area (Å²) in [5.41, 5.74) is 3.64. The number of nitrogens with zero attached hydrogens (tertiary/aromatic N) is 2. The summed E-state index contributed by atoms with van der Waals surface area (Å²) in [5.74, 6) is -0.573. The van der Waals surface area contributed by atoms with E-state index in [4.69, 9.17) is 52.6 Å². The van der Waals surface area contributed by atoms with Gasteiger partial charge in [-0.15, -0.1) is 0 Å². The lowest BCUT2D eigenvalue weighted by molar-refractivity contribution is -0.138. The maximum atomic E-state index is 13.5. The van der Waals surface area contributed by atoms with Crippen LogP contribution in [0, 0.1) is 0 Å². The number of rotatable bonds is 35. The van der Waals surface area contributed by atoms with Gasteiger partial charge >= 0.3 is 35.8 Å². The molecule has 7 rings (SSSR count). The van der Waals surface area contributed by atoms with E-state index in [-0.39, 0.29) is 17.2 Å². The summed E-state index contributed by atoms with van der Waals surface area (Å²) in [5, 5.41) is 0. The normalized spacial score (nSPS) is 10.7. The molecule has 0 aliphatic heterocycles. The van der Waals surface area contributed by atoms with Gasteiger partial charge < -0.3 is 42.6 Å². The van der Waals surface area contributed by atoms with Gasteiger partial charge in [-0.05, 0) is 186 Å². The minimum atomic E-state index is -0.598. The van der Waals surface area contributed by atoms with Crippen LogP contribution in [0.5, 0.6) is 34.5 Å². The summed E-state index contributed by atoms with van der Waals surface area (Å²) >= 11 is 0. The number of aromatic nitrogens is 2. The maximum absolute atomic E-state index is 13.5. The molecule has 0 fully saturated rings. The smallest absolute Gasteiger partial charge is 0.343 e. The first-order valence-electron chi connectivity index (χ1n) is 28.2. The molecule has 440 valence electrons. The molecule has 85 heavy (non-hydrogen) atoms. The first-order valence-corrected chi connectivity index (χ1v) is 28.2. The SMILES string of the molecule is C=CC(=O)OCCCCCCOc1ccc(C(=O)Oc2cccc(-c3nc4ccc(OC(=O)c5ccc(OCCCCCCOC(=O)C=C)cc5)cc4nc3-c3cccc(OC(=O)c4ccc(OCCCCCCOC(=O)C=C)cc4)c3)c2)cc1. The summed E-state index contributed by atoms with van der Waals surface area (Å²) in [6.45, 7) is 12.7. The molecule has 0 N–H and O–H groups in total. The molecule has 17 heteroatoms. The van der Waals surface area contributed by atoms with Crippen LogP contribution in [-0.4, -0.2) is 85.4 Å². The van der Waals surface area contributed by atoms with Crippen molar-refractivity contribution < 1.29 is 71.4 Å². The summed E-state index contributed by atoms with van der Waals surface area (Å²) in [6.07, 6.45) is 13.5. The van der Waals surface area contributed by atoms with Crippen molar-refractivity contribution in [2.75, 3.05) is 39.6 Å². The molecule has 0 radical (unpaired) electrons. The third kappa shape index (κ3) is 20.8. The van der Waals surface area contributed by atoms with Crippen molar-refractivity contribution in [3.8, 4) is 57.0 Å². The van der Waals surface area contributed by atoms with Crippen LogP contribution in [0.3, 0.4) is 0 Å². The summed E-state index contributed by atoms with van der Waals surface area (Å²) < 4.78 is 50.3. The molecule has 0 aliphatic rings. The fourth-order valence-electron chi connectivity index (χ4n) is 8.41. The molecule has 0 saturated heterocycles. The van der Waals surface area contributed by atoms with Crippen molar-refractivity contribution >= 4 is 46.8 Å². The van der Waals surface area contributed by atoms with Gasteiger partial charge in [0.15, 0.2) is 0 Å². The first-order chi connectivity index (χ1) is 41.5. The molecule has 6 aromatic carbocycles. The molecule has 7 aromatic rings. The lowest BCUT2D eigenvalue weighted by Crippen LogP contribution is -2.09. The number of ether oxygens (including phenoxy) is 9. The molecule has 1 aromatic heterocycles. The second kappa shape index (κ2) is 33.9. The standard InChI is InChI=1S/C68H68N2O15/c1-4-61(71)80-42-16-10-7-13-39-77-53-31-25-48(26-32-53)66(74)83-56-23-19-21-51(45-56)64-65(52-22-20-24-57(46-52)84-67(75)49-27-33-54(34-28-49)78-40-14-8-11-17-43-81-62(72)5-2)70-60-47-58(37-38-59(60)69-64)85-68(76)50-29-35-55(36-30-50)79-41-15-9-12-18-44-82-63(73)6-3/h4-6,19-38,45-47H,1-3,7-18,39-44H2. The Morgan fingerprint density at radius 2 is 0.635 bits per heavy atom. The highest BCUT2D eigenvalue weighted by molar-refractivity contribution is 5.94. The van der Waals surface area contributed by atoms with E-state index in [9.17, 15) is 28.8 Å². The predicted octanol–water partition coefficient (Wildman–Crippen LogP) is 13.6. The van der Waals surface area contributed by atoms with Crippen molar-refractivity contribution in [1.82, 2.24) is 9.97 Å². The summed E-state index contributed by atoms with van der Waals surface area (Å²) in [7, 11) is 0. The van der Waals surface area contributed by atoms with E-state index in [0.717, 1.165) is 95.3 Å². The average Bonchev–Trinajstić information content (AvgIpc) is 3.52. The number of benzene rings is 6. The van der Waals surface area contributed by atoms with Crippen LogP contribution in [0.1, 0.15) is 108 Å². The van der Waals surface area contributed by atoms with Crippen LogP contribution in [-0.2, 0) is 28.6 Å². The molecule has 17 nitrogen and oxygen atoms in total. The van der Waals surface area contributed by atoms with Crippen LogP contribution in [0.15, 0.2) is 177 Å². The molecule has 0 atom stereocenters. The Kier molecular flexibility index (Phi) is 25.0. The summed E-state index contributed by atoms with van der Waals surface area (Å²) in [6, 6.07) is 38.7. The first kappa shape index (κ1) is 62.7. The van der Waals surface area contributed by atoms with Crippen LogP contribution in [0.2, 0.25) is 0 Å². The molecule has 0 saturated carbocycles. The van der Waals surface area contributed by atoms with E-state index in [2.05, 4.69) is 19.7 Å². The van der Waals surface area contributed by atoms with Crippen molar-refractivity contribution in [1.29, 1.82) is 0 Å². The predicted molar refractivity (Wildman–Crippen MR) is 320 cm³/mol. The van der Waals surface area contributed by atoms with Gasteiger partial charge in [0.25, 0.3) is 0 Å². The Morgan fingerprint density at radius 1 is 0.329 bits per heavy atom. The fraction of sp³-hybridized carbons (Fsp3) is 0.265. The fourth-order valence-corrected chi connectivity index (χ4v) is 8.41. The molecule has 0 unspecified atom stereocenters. The number of carbonyl (C=O) groups excluding carboxylic acids is 6. The highest BCUT2D eigenvalue weighted by Crippen LogP contribution is 2.35. The van der Waals surface area contributed by atoms with Crippen molar-refractivity contribution in [2.45, 2.75) is 77.0 Å². The Morgan fingerprint density at radius 3 is 0.976 bits per heavy atom. The average molecular weight is 1150 g/mol. The highest BCUT2D eigenvalue weighted by Gasteiger charge is 2.19. The Bertz CT molecular complexity index is 3390. The Balaban J connectivity index is 1.03. The van der Waals surface area contributed by atoms with E-state index in [1.807, 2.05) is 6.07 Å². The molecule has 1 heterocycles. The molecule has 0 spiro atoms. The van der Waals surface area contributed by atoms with E-state index in [0.29, 0.717) is 107 Å². The van der Waals surface area contributed by atoms with E-state index in [1.54, 1.807) is 133 Å². The number of esters is 6. The van der Waals surface area contributed by atoms with Crippen LogP contribution in [0.25, 0.3) is 33.5 Å². The number of unbranched alkanes of at least 4 members (excludes halogenated alkanes) is 9. The highest BCUT2D eigenvalue weighted by atomic mass is 16.6. The number of carbonyl (C=O) groups is 6. The third-order valence-electron chi connectivity index (χ3n) is 12.9. The van der Waals surface area contributed by atoms with E-state index < -0.39 is 35.8 Å². The molecule has 0 aliphatic carbocycles. The van der Waals surface area contributed by atoms with Gasteiger partial charge in [-0.25, -0.2) is 38.7 Å². The van der Waals surface area contributed by atoms with Gasteiger partial charge in [0.05, 0.1) is 78.8 Å². The third-order valence-corrected chi connectivity index (χ3v) is 12.9. The Hall–Kier alpha value is -9.90. The molecular weight excluding hydrogens is 1080 g/mol. The Labute approximate surface area is 494 Å². The minimum absolute atomic E-state index is 0.218. The van der Waals surface area contributed by atoms with Crippen LogP contribution in [0.4, 0.5) is 0 Å². The van der Waals surface area contributed by atoms with Crippen molar-refractivity contribution in [2.24, 2.45) is 0 Å². The quantitative estimate of drug-likeness (QED) is 0.0119. The van der Waals surface area contributed by atoms with Gasteiger partial charge in [-0.3, -0.25) is 0 Å². The second-order valence-electron chi connectivity index (χ2n) is 19.3. The zero-order valence-electron chi connectivity index (χ0n) is 47.4. The second-order valence-corrected chi connectivity index (χ2v) is 19.3. The zero-order valence-corrected chi connectivity index (χ0v) is 47.4.